The molecule has 0 bridgehead atoms. The Labute approximate surface area is 137 Å². The molecule has 1 atom stereocenters. The Hall–Kier alpha value is -1.91. The van der Waals surface area contributed by atoms with E-state index in [0.717, 1.165) is 36.4 Å². The standard InChI is InChI=1S/C18H26N2O3/c1-13(18(21)20-14-6-3-2-4-7-14)19-15-8-9-16-17(12-15)23-11-5-10-22-16/h8-9,12-14,19H,2-7,10-11H2,1H3,(H,20,21)/t13-/m0/s1. The first-order valence-corrected chi connectivity index (χ1v) is 8.69. The van der Waals surface area contributed by atoms with Crippen molar-refractivity contribution in [2.75, 3.05) is 18.5 Å². The van der Waals surface area contributed by atoms with E-state index in [9.17, 15) is 4.79 Å². The second-order valence-corrected chi connectivity index (χ2v) is 6.42. The van der Waals surface area contributed by atoms with Crippen molar-refractivity contribution in [1.29, 1.82) is 0 Å². The highest BCUT2D eigenvalue weighted by atomic mass is 16.5. The average molecular weight is 318 g/mol. The molecule has 1 aliphatic heterocycles. The van der Waals surface area contributed by atoms with E-state index >= 15 is 0 Å². The molecule has 1 aromatic carbocycles. The summed E-state index contributed by atoms with van der Waals surface area (Å²) in [6, 6.07) is 5.79. The first-order chi connectivity index (χ1) is 11.2. The lowest BCUT2D eigenvalue weighted by molar-refractivity contribution is -0.122. The van der Waals surface area contributed by atoms with Crippen molar-refractivity contribution >= 4 is 11.6 Å². The average Bonchev–Trinajstić information content (AvgIpc) is 2.80. The van der Waals surface area contributed by atoms with Gasteiger partial charge in [0.15, 0.2) is 11.5 Å². The number of carbonyl (C=O) groups is 1. The molecule has 1 fully saturated rings. The minimum absolute atomic E-state index is 0.0593. The van der Waals surface area contributed by atoms with Crippen molar-refractivity contribution in [2.45, 2.75) is 57.5 Å². The van der Waals surface area contributed by atoms with Gasteiger partial charge in [0.05, 0.1) is 13.2 Å². The summed E-state index contributed by atoms with van der Waals surface area (Å²) in [5.41, 5.74) is 0.876. The van der Waals surface area contributed by atoms with Crippen molar-refractivity contribution in [2.24, 2.45) is 0 Å². The van der Waals surface area contributed by atoms with Crippen LogP contribution < -0.4 is 20.1 Å². The molecule has 1 amide bonds. The maximum absolute atomic E-state index is 12.3. The fourth-order valence-electron chi connectivity index (χ4n) is 3.14. The smallest absolute Gasteiger partial charge is 0.242 e. The number of ether oxygens (including phenoxy) is 2. The molecule has 23 heavy (non-hydrogen) atoms. The molecular formula is C18H26N2O3. The summed E-state index contributed by atoms with van der Waals surface area (Å²) in [6.07, 6.45) is 6.81. The third-order valence-corrected chi connectivity index (χ3v) is 4.48. The van der Waals surface area contributed by atoms with Gasteiger partial charge in [0.2, 0.25) is 5.91 Å². The van der Waals surface area contributed by atoms with Crippen molar-refractivity contribution in [3.8, 4) is 11.5 Å². The van der Waals surface area contributed by atoms with E-state index in [2.05, 4.69) is 10.6 Å². The molecule has 0 unspecified atom stereocenters. The van der Waals surface area contributed by atoms with Crippen LogP contribution in [0, 0.1) is 0 Å². The molecule has 0 radical (unpaired) electrons. The number of rotatable bonds is 4. The fraction of sp³-hybridized carbons (Fsp3) is 0.611. The Morgan fingerprint density at radius 3 is 2.61 bits per heavy atom. The number of amides is 1. The molecule has 0 saturated heterocycles. The van der Waals surface area contributed by atoms with Gasteiger partial charge in [0.25, 0.3) is 0 Å². The number of carbonyl (C=O) groups excluding carboxylic acids is 1. The van der Waals surface area contributed by atoms with Crippen molar-refractivity contribution in [3.63, 3.8) is 0 Å². The summed E-state index contributed by atoms with van der Waals surface area (Å²) < 4.78 is 11.3. The molecule has 1 heterocycles. The van der Waals surface area contributed by atoms with Crippen molar-refractivity contribution < 1.29 is 14.3 Å². The topological polar surface area (TPSA) is 59.6 Å². The van der Waals surface area contributed by atoms with Crippen LogP contribution in [0.2, 0.25) is 0 Å². The van der Waals surface area contributed by atoms with Crippen LogP contribution in [0.1, 0.15) is 45.4 Å². The Bertz CT molecular complexity index is 541. The highest BCUT2D eigenvalue weighted by Crippen LogP contribution is 2.32. The summed E-state index contributed by atoms with van der Waals surface area (Å²) in [5.74, 6) is 1.57. The number of hydrogen-bond donors (Lipinski definition) is 2. The van der Waals surface area contributed by atoms with Crippen molar-refractivity contribution in [3.05, 3.63) is 18.2 Å². The van der Waals surface area contributed by atoms with Gasteiger partial charge in [-0.15, -0.1) is 0 Å². The Balaban J connectivity index is 1.57. The third kappa shape index (κ3) is 4.30. The molecule has 5 nitrogen and oxygen atoms in total. The van der Waals surface area contributed by atoms with Gasteiger partial charge in [-0.25, -0.2) is 0 Å². The van der Waals surface area contributed by atoms with Crippen LogP contribution in [-0.2, 0) is 4.79 Å². The van der Waals surface area contributed by atoms with E-state index in [4.69, 9.17) is 9.47 Å². The fourth-order valence-corrected chi connectivity index (χ4v) is 3.14. The summed E-state index contributed by atoms with van der Waals surface area (Å²) in [5, 5.41) is 6.41. The highest BCUT2D eigenvalue weighted by Gasteiger charge is 2.20. The number of nitrogens with one attached hydrogen (secondary N) is 2. The minimum atomic E-state index is -0.276. The SMILES string of the molecule is C[C@H](Nc1ccc2c(c1)OCCCO2)C(=O)NC1CCCCC1. The predicted molar refractivity (Wildman–Crippen MR) is 90.1 cm³/mol. The predicted octanol–water partition coefficient (Wildman–Crippen LogP) is 3.10. The quantitative estimate of drug-likeness (QED) is 0.895. The highest BCUT2D eigenvalue weighted by molar-refractivity contribution is 5.84. The number of hydrogen-bond acceptors (Lipinski definition) is 4. The van der Waals surface area contributed by atoms with Gasteiger partial charge in [-0.05, 0) is 31.9 Å². The zero-order valence-electron chi connectivity index (χ0n) is 13.8. The maximum Gasteiger partial charge on any atom is 0.242 e. The van der Waals surface area contributed by atoms with Gasteiger partial charge in [0.1, 0.15) is 6.04 Å². The summed E-state index contributed by atoms with van der Waals surface area (Å²) in [7, 11) is 0. The molecule has 126 valence electrons. The first kappa shape index (κ1) is 16.0. The zero-order chi connectivity index (χ0) is 16.1. The Morgan fingerprint density at radius 2 is 1.83 bits per heavy atom. The second-order valence-electron chi connectivity index (χ2n) is 6.42. The monoisotopic (exact) mass is 318 g/mol. The normalized spacial score (nSPS) is 19.5. The van der Waals surface area contributed by atoms with Gasteiger partial charge in [0, 0.05) is 24.2 Å². The van der Waals surface area contributed by atoms with Crippen molar-refractivity contribution in [1.82, 2.24) is 5.32 Å². The van der Waals surface area contributed by atoms with E-state index in [1.54, 1.807) is 0 Å². The van der Waals surface area contributed by atoms with Gasteiger partial charge in [-0.1, -0.05) is 19.3 Å². The number of benzene rings is 1. The zero-order valence-corrected chi connectivity index (χ0v) is 13.8. The van der Waals surface area contributed by atoms with Gasteiger partial charge in [-0.3, -0.25) is 4.79 Å². The van der Waals surface area contributed by atoms with Crippen LogP contribution in [0.3, 0.4) is 0 Å². The van der Waals surface area contributed by atoms with E-state index < -0.39 is 0 Å². The molecule has 0 aromatic heterocycles. The van der Waals surface area contributed by atoms with Crippen LogP contribution in [0.15, 0.2) is 18.2 Å². The lowest BCUT2D eigenvalue weighted by Gasteiger charge is -2.25. The minimum Gasteiger partial charge on any atom is -0.490 e. The Kier molecular flexibility index (Phi) is 5.26. The lowest BCUT2D eigenvalue weighted by Crippen LogP contribution is -2.44. The molecule has 3 rings (SSSR count). The molecule has 1 aliphatic carbocycles. The largest absolute Gasteiger partial charge is 0.490 e. The summed E-state index contributed by atoms with van der Waals surface area (Å²) in [6.45, 7) is 3.23. The molecule has 1 aromatic rings. The molecule has 5 heteroatoms. The lowest BCUT2D eigenvalue weighted by atomic mass is 9.95. The van der Waals surface area contributed by atoms with Crippen LogP contribution in [0.5, 0.6) is 11.5 Å². The van der Waals surface area contributed by atoms with E-state index in [1.807, 2.05) is 25.1 Å². The van der Waals surface area contributed by atoms with Crippen LogP contribution in [-0.4, -0.2) is 31.2 Å². The third-order valence-electron chi connectivity index (χ3n) is 4.48. The number of anilines is 1. The van der Waals surface area contributed by atoms with Gasteiger partial charge in [-0.2, -0.15) is 0 Å². The summed E-state index contributed by atoms with van der Waals surface area (Å²) >= 11 is 0. The van der Waals surface area contributed by atoms with E-state index in [-0.39, 0.29) is 11.9 Å². The Morgan fingerprint density at radius 1 is 1.09 bits per heavy atom. The van der Waals surface area contributed by atoms with Gasteiger partial charge < -0.3 is 20.1 Å². The molecule has 2 aliphatic rings. The van der Waals surface area contributed by atoms with E-state index in [1.165, 1.54) is 19.3 Å². The molecular weight excluding hydrogens is 292 g/mol. The van der Waals surface area contributed by atoms with Crippen LogP contribution >= 0.6 is 0 Å². The second kappa shape index (κ2) is 7.57. The van der Waals surface area contributed by atoms with Crippen LogP contribution in [0.25, 0.3) is 0 Å². The molecule has 0 spiro atoms. The van der Waals surface area contributed by atoms with Crippen LogP contribution in [0.4, 0.5) is 5.69 Å². The van der Waals surface area contributed by atoms with E-state index in [0.29, 0.717) is 19.3 Å². The number of fused-ring (bicyclic) bond motifs is 1. The molecule has 1 saturated carbocycles. The maximum atomic E-state index is 12.3. The summed E-state index contributed by atoms with van der Waals surface area (Å²) in [4.78, 5) is 12.3. The van der Waals surface area contributed by atoms with Gasteiger partial charge >= 0.3 is 0 Å². The first-order valence-electron chi connectivity index (χ1n) is 8.69. The molecule has 2 N–H and O–H groups in total.